The third-order valence-corrected chi connectivity index (χ3v) is 9.46. The molecule has 2 bridgehead atoms. The monoisotopic (exact) mass is 544 g/mol. The summed E-state index contributed by atoms with van der Waals surface area (Å²) in [6, 6.07) is 4.72. The molecule has 1 aromatic carbocycles. The number of ether oxygens (including phenoxy) is 1. The van der Waals surface area contributed by atoms with Crippen molar-refractivity contribution >= 4 is 35.0 Å². The maximum atomic E-state index is 14.7. The molecular weight excluding hydrogens is 507 g/mol. The number of likely N-dealkylation sites (tertiary alicyclic amines) is 1. The molecule has 4 fully saturated rings. The Morgan fingerprint density at radius 2 is 2.00 bits per heavy atom. The minimum atomic E-state index is -0.534. The molecule has 0 unspecified atom stereocenters. The average Bonchev–Trinajstić information content (AvgIpc) is 3.40. The van der Waals surface area contributed by atoms with Gasteiger partial charge in [0.05, 0.1) is 17.7 Å². The fourth-order valence-corrected chi connectivity index (χ4v) is 6.96. The van der Waals surface area contributed by atoms with E-state index in [2.05, 4.69) is 51.6 Å². The van der Waals surface area contributed by atoms with Gasteiger partial charge in [0.1, 0.15) is 11.6 Å². The molecule has 206 valence electrons. The van der Waals surface area contributed by atoms with Crippen LogP contribution in [0.3, 0.4) is 0 Å². The van der Waals surface area contributed by atoms with E-state index < -0.39 is 11.4 Å². The van der Waals surface area contributed by atoms with Gasteiger partial charge in [-0.3, -0.25) is 9.69 Å². The highest BCUT2D eigenvalue weighted by Crippen LogP contribution is 2.65. The summed E-state index contributed by atoms with van der Waals surface area (Å²) in [5.41, 5.74) is 0.0777. The molecule has 3 aliphatic carbocycles. The zero-order chi connectivity index (χ0) is 27.1. The lowest BCUT2D eigenvalue weighted by molar-refractivity contribution is -0.155. The first-order valence-electron chi connectivity index (χ1n) is 13.6. The lowest BCUT2D eigenvalue weighted by Crippen LogP contribution is -2.69. The number of carbonyl (C=O) groups is 1. The molecule has 1 aromatic heterocycles. The van der Waals surface area contributed by atoms with Crippen molar-refractivity contribution in [2.75, 3.05) is 43.9 Å². The van der Waals surface area contributed by atoms with Crippen LogP contribution in [0.2, 0.25) is 5.02 Å². The number of aromatic nitrogens is 2. The molecule has 1 saturated heterocycles. The van der Waals surface area contributed by atoms with Crippen molar-refractivity contribution in [3.8, 4) is 5.75 Å². The summed E-state index contributed by atoms with van der Waals surface area (Å²) >= 11 is 6.52. The molecule has 4 atom stereocenters. The number of rotatable bonds is 9. The van der Waals surface area contributed by atoms with E-state index in [4.69, 9.17) is 16.3 Å². The van der Waals surface area contributed by atoms with Gasteiger partial charge in [-0.15, -0.1) is 0 Å². The van der Waals surface area contributed by atoms with Crippen LogP contribution in [0, 0.1) is 29.0 Å². The van der Waals surface area contributed by atoms with E-state index in [1.807, 2.05) is 0 Å². The number of carbonyl (C=O) groups excluding carboxylic acids is 1. The van der Waals surface area contributed by atoms with Gasteiger partial charge in [-0.05, 0) is 75.1 Å². The number of fused-ring (bicyclic) bond motifs is 2. The van der Waals surface area contributed by atoms with Crippen molar-refractivity contribution in [3.05, 3.63) is 35.2 Å². The van der Waals surface area contributed by atoms with Gasteiger partial charge in [-0.1, -0.05) is 25.4 Å². The standard InChI is InChI=1S/C28H38ClFN6O2/c1-27(2)17-13-19(25(37)31-4)28(3,23(27)14-17)35-24-20(29)16-32-26(34-24)33-18-7-8-22(21(30)15-18)38-12-11-36-9-5-6-10-36/h7-8,15-17,19,23H,5-6,9-14H2,1-4H3,(H,31,37)(H2,32,33,34,35)/t17-,19+,23+,28-/m1/s1. The second-order valence-electron chi connectivity index (χ2n) is 11.7. The third-order valence-electron chi connectivity index (χ3n) is 9.19. The summed E-state index contributed by atoms with van der Waals surface area (Å²) in [4.78, 5) is 24.1. The summed E-state index contributed by atoms with van der Waals surface area (Å²) in [5.74, 6) is 1.11. The van der Waals surface area contributed by atoms with Gasteiger partial charge < -0.3 is 20.7 Å². The van der Waals surface area contributed by atoms with E-state index in [9.17, 15) is 9.18 Å². The lowest BCUT2D eigenvalue weighted by atomic mass is 9.40. The van der Waals surface area contributed by atoms with Crippen LogP contribution >= 0.6 is 11.6 Å². The van der Waals surface area contributed by atoms with Crippen LogP contribution < -0.4 is 20.7 Å². The molecule has 6 rings (SSSR count). The van der Waals surface area contributed by atoms with Gasteiger partial charge in [-0.2, -0.15) is 4.98 Å². The molecule has 3 saturated carbocycles. The van der Waals surface area contributed by atoms with Gasteiger partial charge in [0, 0.05) is 25.3 Å². The molecule has 1 amide bonds. The van der Waals surface area contributed by atoms with Crippen LogP contribution in [0.25, 0.3) is 0 Å². The number of halogens is 2. The van der Waals surface area contributed by atoms with E-state index in [0.29, 0.717) is 29.1 Å². The van der Waals surface area contributed by atoms with Crippen molar-refractivity contribution in [2.45, 2.75) is 52.0 Å². The Morgan fingerprint density at radius 1 is 1.24 bits per heavy atom. The highest BCUT2D eigenvalue weighted by molar-refractivity contribution is 6.32. The molecule has 10 heteroatoms. The topological polar surface area (TPSA) is 91.4 Å². The van der Waals surface area contributed by atoms with E-state index in [1.165, 1.54) is 25.1 Å². The van der Waals surface area contributed by atoms with E-state index >= 15 is 0 Å². The van der Waals surface area contributed by atoms with Crippen molar-refractivity contribution in [2.24, 2.45) is 23.2 Å². The van der Waals surface area contributed by atoms with Crippen molar-refractivity contribution < 1.29 is 13.9 Å². The normalized spacial score (nSPS) is 27.9. The van der Waals surface area contributed by atoms with E-state index in [-0.39, 0.29) is 34.9 Å². The van der Waals surface area contributed by atoms with Gasteiger partial charge in [0.25, 0.3) is 0 Å². The number of benzene rings is 1. The fraction of sp³-hybridized carbons (Fsp3) is 0.607. The summed E-state index contributed by atoms with van der Waals surface area (Å²) < 4.78 is 20.4. The van der Waals surface area contributed by atoms with Gasteiger partial charge >= 0.3 is 0 Å². The van der Waals surface area contributed by atoms with Crippen LogP contribution in [-0.4, -0.2) is 59.6 Å². The Hall–Kier alpha value is -2.65. The average molecular weight is 545 g/mol. The van der Waals surface area contributed by atoms with Crippen LogP contribution in [0.5, 0.6) is 5.75 Å². The number of nitrogens with zero attached hydrogens (tertiary/aromatic N) is 3. The number of anilines is 3. The molecule has 8 nitrogen and oxygen atoms in total. The van der Waals surface area contributed by atoms with Gasteiger partial charge in [0.2, 0.25) is 11.9 Å². The zero-order valence-corrected chi connectivity index (χ0v) is 23.4. The minimum Gasteiger partial charge on any atom is -0.489 e. The Balaban J connectivity index is 1.29. The molecule has 4 aliphatic rings. The molecule has 2 aromatic rings. The smallest absolute Gasteiger partial charge is 0.229 e. The highest BCUT2D eigenvalue weighted by Gasteiger charge is 2.64. The Bertz CT molecular complexity index is 1190. The summed E-state index contributed by atoms with van der Waals surface area (Å²) in [6.07, 6.45) is 5.81. The number of hydrogen-bond acceptors (Lipinski definition) is 7. The second-order valence-corrected chi connectivity index (χ2v) is 12.1. The summed E-state index contributed by atoms with van der Waals surface area (Å²) in [5, 5.41) is 9.81. The molecule has 3 N–H and O–H groups in total. The maximum absolute atomic E-state index is 14.7. The quantitative estimate of drug-likeness (QED) is 0.405. The summed E-state index contributed by atoms with van der Waals surface area (Å²) in [7, 11) is 1.68. The molecule has 0 spiro atoms. The minimum absolute atomic E-state index is 0.0203. The Morgan fingerprint density at radius 3 is 2.68 bits per heavy atom. The van der Waals surface area contributed by atoms with Gasteiger partial charge in [0.15, 0.2) is 17.4 Å². The Kier molecular flexibility index (Phi) is 7.44. The predicted octanol–water partition coefficient (Wildman–Crippen LogP) is 5.09. The summed E-state index contributed by atoms with van der Waals surface area (Å²) in [6.45, 7) is 10.1. The second kappa shape index (κ2) is 10.5. The van der Waals surface area contributed by atoms with Crippen LogP contribution in [-0.2, 0) is 4.79 Å². The SMILES string of the molecule is CNC(=O)[C@@H]1C[C@@H]2C[C@@H](C2(C)C)[C@]1(C)Nc1nc(Nc2ccc(OCCN3CCCC3)c(F)c2)ncc1Cl. The molecular formula is C28H38ClFN6O2. The zero-order valence-electron chi connectivity index (χ0n) is 22.6. The van der Waals surface area contributed by atoms with E-state index in [1.54, 1.807) is 19.2 Å². The van der Waals surface area contributed by atoms with Crippen LogP contribution in [0.15, 0.2) is 24.4 Å². The number of hydrogen-bond donors (Lipinski definition) is 3. The predicted molar refractivity (Wildman–Crippen MR) is 147 cm³/mol. The largest absolute Gasteiger partial charge is 0.489 e. The highest BCUT2D eigenvalue weighted by atomic mass is 35.5. The fourth-order valence-electron chi connectivity index (χ4n) is 6.82. The molecule has 1 aliphatic heterocycles. The number of nitrogens with one attached hydrogen (secondary N) is 3. The van der Waals surface area contributed by atoms with Crippen LogP contribution in [0.4, 0.5) is 21.8 Å². The third kappa shape index (κ3) is 5.02. The molecule has 0 radical (unpaired) electrons. The first-order chi connectivity index (χ1) is 18.1. The van der Waals surface area contributed by atoms with Crippen LogP contribution in [0.1, 0.15) is 46.5 Å². The van der Waals surface area contributed by atoms with E-state index in [0.717, 1.165) is 32.5 Å². The maximum Gasteiger partial charge on any atom is 0.229 e. The van der Waals surface area contributed by atoms with Crippen molar-refractivity contribution in [3.63, 3.8) is 0 Å². The number of amides is 1. The molecule has 38 heavy (non-hydrogen) atoms. The Labute approximate surface area is 229 Å². The van der Waals surface area contributed by atoms with Crippen molar-refractivity contribution in [1.82, 2.24) is 20.2 Å². The lowest BCUT2D eigenvalue weighted by Gasteiger charge is -2.66. The first-order valence-corrected chi connectivity index (χ1v) is 13.9. The first kappa shape index (κ1) is 26.9. The molecule has 2 heterocycles. The van der Waals surface area contributed by atoms with Gasteiger partial charge in [-0.25, -0.2) is 9.37 Å². The van der Waals surface area contributed by atoms with Crippen molar-refractivity contribution in [1.29, 1.82) is 0 Å².